The monoisotopic (exact) mass is 230 g/mol. The number of hydrogen-bond donors (Lipinski definition) is 1. The van der Waals surface area contributed by atoms with E-state index in [0.717, 1.165) is 26.2 Å². The van der Waals surface area contributed by atoms with Gasteiger partial charge in [-0.1, -0.05) is 11.6 Å². The van der Waals surface area contributed by atoms with Gasteiger partial charge in [-0.2, -0.15) is 5.10 Å². The van der Waals surface area contributed by atoms with Crippen molar-refractivity contribution in [2.75, 3.05) is 33.7 Å². The third kappa shape index (κ3) is 5.77. The molecule has 1 aromatic heterocycles. The highest BCUT2D eigenvalue weighted by molar-refractivity contribution is 6.30. The lowest BCUT2D eigenvalue weighted by atomic mass is 10.4. The van der Waals surface area contributed by atoms with Crippen LogP contribution in [0.4, 0.5) is 0 Å². The van der Waals surface area contributed by atoms with Gasteiger partial charge in [-0.05, 0) is 33.6 Å². The third-order valence-corrected chi connectivity index (χ3v) is 2.27. The Morgan fingerprint density at radius 1 is 1.47 bits per heavy atom. The zero-order chi connectivity index (χ0) is 11.1. The van der Waals surface area contributed by atoms with E-state index in [1.165, 1.54) is 6.42 Å². The first-order valence-electron chi connectivity index (χ1n) is 5.22. The van der Waals surface area contributed by atoms with E-state index in [0.29, 0.717) is 5.02 Å². The molecule has 0 aliphatic carbocycles. The van der Waals surface area contributed by atoms with Crippen LogP contribution in [0.1, 0.15) is 6.42 Å². The molecule has 1 heterocycles. The summed E-state index contributed by atoms with van der Waals surface area (Å²) in [6.45, 7) is 3.98. The van der Waals surface area contributed by atoms with Gasteiger partial charge in [0, 0.05) is 12.7 Å². The zero-order valence-electron chi connectivity index (χ0n) is 9.41. The van der Waals surface area contributed by atoms with E-state index in [-0.39, 0.29) is 0 Å². The zero-order valence-corrected chi connectivity index (χ0v) is 10.2. The minimum absolute atomic E-state index is 0.697. The van der Waals surface area contributed by atoms with Crippen molar-refractivity contribution >= 4 is 11.6 Å². The Hall–Kier alpha value is -0.580. The highest BCUT2D eigenvalue weighted by Crippen LogP contribution is 2.03. The van der Waals surface area contributed by atoms with Crippen molar-refractivity contribution in [1.82, 2.24) is 20.0 Å². The first kappa shape index (κ1) is 12.5. The summed E-state index contributed by atoms with van der Waals surface area (Å²) in [6, 6.07) is 0. The molecule has 0 unspecified atom stereocenters. The molecule has 0 saturated carbocycles. The molecular weight excluding hydrogens is 212 g/mol. The van der Waals surface area contributed by atoms with Gasteiger partial charge in [0.15, 0.2) is 0 Å². The Labute approximate surface area is 96.2 Å². The lowest BCUT2D eigenvalue weighted by molar-refractivity contribution is 0.392. The van der Waals surface area contributed by atoms with E-state index >= 15 is 0 Å². The van der Waals surface area contributed by atoms with Crippen LogP contribution in [0, 0.1) is 0 Å². The fourth-order valence-electron chi connectivity index (χ4n) is 1.30. The average Bonchev–Trinajstić information content (AvgIpc) is 2.57. The van der Waals surface area contributed by atoms with Crippen LogP contribution in [0.25, 0.3) is 0 Å². The summed E-state index contributed by atoms with van der Waals surface area (Å²) in [4.78, 5) is 2.19. The molecule has 1 rings (SSSR count). The molecule has 0 fully saturated rings. The van der Waals surface area contributed by atoms with E-state index in [2.05, 4.69) is 29.4 Å². The molecule has 15 heavy (non-hydrogen) atoms. The summed E-state index contributed by atoms with van der Waals surface area (Å²) in [6.07, 6.45) is 4.67. The summed E-state index contributed by atoms with van der Waals surface area (Å²) in [5, 5.41) is 8.16. The largest absolute Gasteiger partial charge is 0.315 e. The van der Waals surface area contributed by atoms with Gasteiger partial charge >= 0.3 is 0 Å². The molecule has 5 heteroatoms. The molecule has 0 aliphatic heterocycles. The summed E-state index contributed by atoms with van der Waals surface area (Å²) in [5.74, 6) is 0. The highest BCUT2D eigenvalue weighted by Gasteiger charge is 1.95. The van der Waals surface area contributed by atoms with Crippen LogP contribution in [0.15, 0.2) is 12.4 Å². The molecule has 1 N–H and O–H groups in total. The van der Waals surface area contributed by atoms with Crippen LogP contribution >= 0.6 is 11.6 Å². The maximum atomic E-state index is 5.75. The molecule has 86 valence electrons. The second kappa shape index (κ2) is 6.82. The van der Waals surface area contributed by atoms with Crippen molar-refractivity contribution in [2.45, 2.75) is 13.0 Å². The Kier molecular flexibility index (Phi) is 5.68. The number of nitrogens with zero attached hydrogens (tertiary/aromatic N) is 3. The van der Waals surface area contributed by atoms with E-state index in [9.17, 15) is 0 Å². The summed E-state index contributed by atoms with van der Waals surface area (Å²) >= 11 is 5.75. The number of halogens is 1. The van der Waals surface area contributed by atoms with Gasteiger partial charge in [0.05, 0.1) is 17.8 Å². The first-order chi connectivity index (χ1) is 7.18. The van der Waals surface area contributed by atoms with Crippen LogP contribution in [-0.2, 0) is 6.54 Å². The van der Waals surface area contributed by atoms with Gasteiger partial charge in [-0.25, -0.2) is 0 Å². The molecule has 0 aromatic carbocycles. The second-order valence-corrected chi connectivity index (χ2v) is 4.26. The quantitative estimate of drug-likeness (QED) is 0.712. The number of hydrogen-bond acceptors (Lipinski definition) is 3. The topological polar surface area (TPSA) is 33.1 Å². The molecule has 0 atom stereocenters. The van der Waals surface area contributed by atoms with Crippen molar-refractivity contribution in [3.8, 4) is 0 Å². The minimum atomic E-state index is 0.697. The normalized spacial score (nSPS) is 11.2. The minimum Gasteiger partial charge on any atom is -0.315 e. The molecule has 1 aromatic rings. The number of nitrogens with one attached hydrogen (secondary N) is 1. The molecule has 0 aliphatic rings. The lowest BCUT2D eigenvalue weighted by Gasteiger charge is -2.09. The molecule has 0 spiro atoms. The SMILES string of the molecule is CN(C)CCCNCCn1cc(Cl)cn1. The summed E-state index contributed by atoms with van der Waals surface area (Å²) in [7, 11) is 4.18. The maximum absolute atomic E-state index is 5.75. The third-order valence-electron chi connectivity index (χ3n) is 2.08. The Morgan fingerprint density at radius 2 is 2.27 bits per heavy atom. The van der Waals surface area contributed by atoms with Gasteiger partial charge in [-0.3, -0.25) is 4.68 Å². The van der Waals surface area contributed by atoms with Crippen molar-refractivity contribution in [1.29, 1.82) is 0 Å². The van der Waals surface area contributed by atoms with Crippen LogP contribution in [-0.4, -0.2) is 48.4 Å². The first-order valence-corrected chi connectivity index (χ1v) is 5.59. The van der Waals surface area contributed by atoms with Gasteiger partial charge in [0.1, 0.15) is 0 Å². The van der Waals surface area contributed by atoms with Gasteiger partial charge in [-0.15, -0.1) is 0 Å². The molecule has 0 bridgehead atoms. The van der Waals surface area contributed by atoms with E-state index in [4.69, 9.17) is 11.6 Å². The predicted molar refractivity (Wildman–Crippen MR) is 63.3 cm³/mol. The Morgan fingerprint density at radius 3 is 2.87 bits per heavy atom. The Bertz CT molecular complexity index is 272. The summed E-state index contributed by atoms with van der Waals surface area (Å²) in [5.41, 5.74) is 0. The van der Waals surface area contributed by atoms with Crippen molar-refractivity contribution in [3.05, 3.63) is 17.4 Å². The highest BCUT2D eigenvalue weighted by atomic mass is 35.5. The molecule has 4 nitrogen and oxygen atoms in total. The van der Waals surface area contributed by atoms with Crippen LogP contribution in [0.2, 0.25) is 5.02 Å². The van der Waals surface area contributed by atoms with E-state index in [1.54, 1.807) is 6.20 Å². The fraction of sp³-hybridized carbons (Fsp3) is 0.700. The second-order valence-electron chi connectivity index (χ2n) is 3.83. The number of aromatic nitrogens is 2. The molecule has 0 saturated heterocycles. The fourth-order valence-corrected chi connectivity index (χ4v) is 1.46. The number of rotatable bonds is 7. The predicted octanol–water partition coefficient (Wildman–Crippen LogP) is 1.08. The smallest absolute Gasteiger partial charge is 0.0785 e. The van der Waals surface area contributed by atoms with Gasteiger partial charge in [0.2, 0.25) is 0 Å². The Balaban J connectivity index is 1.98. The van der Waals surface area contributed by atoms with Crippen LogP contribution in [0.5, 0.6) is 0 Å². The lowest BCUT2D eigenvalue weighted by Crippen LogP contribution is -2.24. The molecular formula is C10H19ClN4. The summed E-state index contributed by atoms with van der Waals surface area (Å²) < 4.78 is 1.85. The van der Waals surface area contributed by atoms with Crippen LogP contribution < -0.4 is 5.32 Å². The van der Waals surface area contributed by atoms with E-state index in [1.807, 2.05) is 10.9 Å². The van der Waals surface area contributed by atoms with Crippen molar-refractivity contribution < 1.29 is 0 Å². The van der Waals surface area contributed by atoms with Gasteiger partial charge in [0.25, 0.3) is 0 Å². The molecule has 0 amide bonds. The average molecular weight is 231 g/mol. The van der Waals surface area contributed by atoms with E-state index < -0.39 is 0 Å². The van der Waals surface area contributed by atoms with Crippen LogP contribution in [0.3, 0.4) is 0 Å². The van der Waals surface area contributed by atoms with Gasteiger partial charge < -0.3 is 10.2 Å². The maximum Gasteiger partial charge on any atom is 0.0785 e. The van der Waals surface area contributed by atoms with Crippen molar-refractivity contribution in [2.24, 2.45) is 0 Å². The van der Waals surface area contributed by atoms with Crippen molar-refractivity contribution in [3.63, 3.8) is 0 Å². The molecule has 0 radical (unpaired) electrons. The standard InChI is InChI=1S/C10H19ClN4/c1-14(2)6-3-4-12-5-7-15-9-10(11)8-13-15/h8-9,12H,3-7H2,1-2H3.